The Kier molecular flexibility index (Phi) is 7.12. The minimum absolute atomic E-state index is 0. The van der Waals surface area contributed by atoms with Gasteiger partial charge in [-0.3, -0.25) is 0 Å². The van der Waals surface area contributed by atoms with Crippen molar-refractivity contribution in [1.29, 1.82) is 0 Å². The second kappa shape index (κ2) is 6.88. The van der Waals surface area contributed by atoms with E-state index in [1.54, 1.807) is 20.2 Å². The Balaban J connectivity index is 0.00000121. The van der Waals surface area contributed by atoms with Gasteiger partial charge >= 0.3 is 51.4 Å². The van der Waals surface area contributed by atoms with E-state index in [-0.39, 0.29) is 51.4 Å². The molecule has 1 rings (SSSR count). The van der Waals surface area contributed by atoms with Crippen LogP contribution in [0, 0.1) is 0 Å². The Morgan fingerprint density at radius 3 is 2.25 bits per heavy atom. The zero-order chi connectivity index (χ0) is 8.10. The van der Waals surface area contributed by atoms with Crippen molar-refractivity contribution in [2.45, 2.75) is 0 Å². The maximum Gasteiger partial charge on any atom is 1.00 e. The first-order valence-electron chi connectivity index (χ1n) is 3.27. The monoisotopic (exact) mass is 191 g/mol. The van der Waals surface area contributed by atoms with E-state index in [1.165, 1.54) is 0 Å². The molecule has 0 amide bonds. The summed E-state index contributed by atoms with van der Waals surface area (Å²) >= 11 is 0. The van der Waals surface area contributed by atoms with Crippen molar-refractivity contribution in [2.75, 3.05) is 14.2 Å². The average Bonchev–Trinajstić information content (AvgIpc) is 2.06. The van der Waals surface area contributed by atoms with Gasteiger partial charge in [0.05, 0.1) is 7.11 Å². The van der Waals surface area contributed by atoms with Crippen LogP contribution in [0.25, 0.3) is 5.48 Å². The second-order valence-corrected chi connectivity index (χ2v) is 1.92. The fourth-order valence-electron chi connectivity index (χ4n) is 0.793. The van der Waals surface area contributed by atoms with Crippen molar-refractivity contribution in [3.63, 3.8) is 0 Å². The molecule has 0 bridgehead atoms. The van der Waals surface area contributed by atoms with Crippen LogP contribution in [-0.4, -0.2) is 14.2 Å². The molecule has 12 heavy (non-hydrogen) atoms. The maximum atomic E-state index is 5.01. The van der Waals surface area contributed by atoms with Crippen molar-refractivity contribution in [2.24, 2.45) is 0 Å². The molecule has 60 valence electrons. The zero-order valence-electron chi connectivity index (χ0n) is 7.57. The standard InChI is InChI=1S/C8H10NO2.K/c1-9-11-8-6-4-3-5-7(8)10-2;/h3-6H,1-2H3;/q-1;+1. The third-order valence-electron chi connectivity index (χ3n) is 1.26. The first-order valence-corrected chi connectivity index (χ1v) is 3.27. The number of hydrogen-bond donors (Lipinski definition) is 0. The Labute approximate surface area is 115 Å². The molecular formula is C8H10KNO2. The summed E-state index contributed by atoms with van der Waals surface area (Å²) in [6.07, 6.45) is 0. The van der Waals surface area contributed by atoms with Gasteiger partial charge in [-0.05, 0) is 12.1 Å². The van der Waals surface area contributed by atoms with Gasteiger partial charge in [0.1, 0.15) is 5.75 Å². The molecule has 0 aliphatic carbocycles. The van der Waals surface area contributed by atoms with E-state index in [4.69, 9.17) is 9.57 Å². The molecule has 0 unspecified atom stereocenters. The number of nitrogens with zero attached hydrogens (tertiary/aromatic N) is 1. The Bertz CT molecular complexity index is 230. The molecule has 1 aromatic rings. The summed E-state index contributed by atoms with van der Waals surface area (Å²) in [5, 5.41) is 0. The van der Waals surface area contributed by atoms with E-state index in [0.717, 1.165) is 0 Å². The molecule has 1 aromatic carbocycles. The summed E-state index contributed by atoms with van der Waals surface area (Å²) in [4.78, 5) is 4.93. The maximum absolute atomic E-state index is 5.01. The summed E-state index contributed by atoms with van der Waals surface area (Å²) in [5.41, 5.74) is 3.53. The van der Waals surface area contributed by atoms with Crippen LogP contribution in [0.4, 0.5) is 0 Å². The van der Waals surface area contributed by atoms with Gasteiger partial charge in [-0.25, -0.2) is 0 Å². The summed E-state index contributed by atoms with van der Waals surface area (Å²) in [7, 11) is 3.17. The molecule has 0 saturated heterocycles. The number of hydroxylamine groups is 1. The van der Waals surface area contributed by atoms with E-state index < -0.39 is 0 Å². The van der Waals surface area contributed by atoms with Crippen molar-refractivity contribution in [3.8, 4) is 11.5 Å². The Morgan fingerprint density at radius 1 is 1.17 bits per heavy atom. The first kappa shape index (κ1) is 12.4. The third kappa shape index (κ3) is 3.43. The van der Waals surface area contributed by atoms with Gasteiger partial charge in [-0.15, -0.1) is 7.05 Å². The molecule has 0 heterocycles. The molecule has 0 saturated carbocycles. The van der Waals surface area contributed by atoms with Crippen LogP contribution in [0.15, 0.2) is 24.3 Å². The number of hydrogen-bond acceptors (Lipinski definition) is 2. The molecule has 0 atom stereocenters. The molecule has 0 fully saturated rings. The second-order valence-electron chi connectivity index (χ2n) is 1.92. The molecule has 0 aliphatic heterocycles. The largest absolute Gasteiger partial charge is 1.00 e. The van der Waals surface area contributed by atoms with Crippen LogP contribution in [0.5, 0.6) is 11.5 Å². The van der Waals surface area contributed by atoms with Gasteiger partial charge in [-0.1, -0.05) is 12.1 Å². The Morgan fingerprint density at radius 2 is 1.75 bits per heavy atom. The topological polar surface area (TPSA) is 32.6 Å². The third-order valence-corrected chi connectivity index (χ3v) is 1.26. The van der Waals surface area contributed by atoms with E-state index in [2.05, 4.69) is 5.48 Å². The number of ether oxygens (including phenoxy) is 1. The number of methoxy groups -OCH3 is 1. The van der Waals surface area contributed by atoms with Gasteiger partial charge in [0, 0.05) is 0 Å². The molecule has 0 radical (unpaired) electrons. The van der Waals surface area contributed by atoms with Gasteiger partial charge in [0.15, 0.2) is 5.75 Å². The SMILES string of the molecule is C[N-]Oc1ccccc1OC.[K+]. The molecular weight excluding hydrogens is 181 g/mol. The zero-order valence-corrected chi connectivity index (χ0v) is 10.7. The average molecular weight is 191 g/mol. The van der Waals surface area contributed by atoms with Crippen LogP contribution < -0.4 is 61.0 Å². The Hall–Kier alpha value is 0.416. The molecule has 0 aliphatic rings. The summed E-state index contributed by atoms with van der Waals surface area (Å²) in [5.74, 6) is 1.33. The minimum Gasteiger partial charge on any atom is -0.585 e. The number of benzene rings is 1. The fourth-order valence-corrected chi connectivity index (χ4v) is 0.793. The fraction of sp³-hybridized carbons (Fsp3) is 0.250. The van der Waals surface area contributed by atoms with Gasteiger partial charge in [0.25, 0.3) is 0 Å². The molecule has 0 N–H and O–H groups in total. The van der Waals surface area contributed by atoms with Crippen LogP contribution in [0.2, 0.25) is 0 Å². The molecule has 0 spiro atoms. The van der Waals surface area contributed by atoms with E-state index in [1.807, 2.05) is 18.2 Å². The summed E-state index contributed by atoms with van der Waals surface area (Å²) in [6.45, 7) is 0. The van der Waals surface area contributed by atoms with Crippen LogP contribution >= 0.6 is 0 Å². The van der Waals surface area contributed by atoms with E-state index in [9.17, 15) is 0 Å². The smallest absolute Gasteiger partial charge is 0.585 e. The van der Waals surface area contributed by atoms with Crippen molar-refractivity contribution in [1.82, 2.24) is 0 Å². The summed E-state index contributed by atoms with van der Waals surface area (Å²) in [6, 6.07) is 7.36. The number of rotatable bonds is 3. The number of para-hydroxylation sites is 2. The van der Waals surface area contributed by atoms with Crippen LogP contribution in [-0.2, 0) is 0 Å². The summed E-state index contributed by atoms with van der Waals surface area (Å²) < 4.78 is 5.01. The van der Waals surface area contributed by atoms with Crippen molar-refractivity contribution in [3.05, 3.63) is 29.7 Å². The van der Waals surface area contributed by atoms with Crippen LogP contribution in [0.1, 0.15) is 0 Å². The first-order chi connectivity index (χ1) is 5.38. The van der Waals surface area contributed by atoms with Crippen molar-refractivity contribution < 1.29 is 61.0 Å². The quantitative estimate of drug-likeness (QED) is 0.453. The molecule has 3 nitrogen and oxygen atoms in total. The minimum atomic E-state index is 0. The van der Waals surface area contributed by atoms with Gasteiger partial charge in [-0.2, -0.15) is 0 Å². The molecule has 4 heteroatoms. The predicted molar refractivity (Wildman–Crippen MR) is 42.9 cm³/mol. The normalized spacial score (nSPS) is 8.50. The van der Waals surface area contributed by atoms with Gasteiger partial charge in [0.2, 0.25) is 0 Å². The van der Waals surface area contributed by atoms with Crippen molar-refractivity contribution >= 4 is 0 Å². The molecule has 0 aromatic heterocycles. The van der Waals surface area contributed by atoms with Gasteiger partial charge < -0.3 is 15.1 Å². The predicted octanol–water partition coefficient (Wildman–Crippen LogP) is -1.00. The van der Waals surface area contributed by atoms with E-state index in [0.29, 0.717) is 11.5 Å². The van der Waals surface area contributed by atoms with Crippen LogP contribution in [0.3, 0.4) is 0 Å². The van der Waals surface area contributed by atoms with E-state index >= 15 is 0 Å².